The van der Waals surface area contributed by atoms with Crippen LogP contribution in [0, 0.1) is 0 Å². The zero-order valence-corrected chi connectivity index (χ0v) is 13.2. The fraction of sp³-hybridized carbons (Fsp3) is 0.444. The molecule has 0 saturated heterocycles. The molecule has 0 unspecified atom stereocenters. The molecular formula is C18H23NO2. The number of rotatable bonds is 4. The first-order valence-corrected chi connectivity index (χ1v) is 7.57. The molecule has 112 valence electrons. The molecule has 0 spiro atoms. The first-order chi connectivity index (χ1) is 9.93. The van der Waals surface area contributed by atoms with Crippen molar-refractivity contribution in [3.63, 3.8) is 0 Å². The smallest absolute Gasteiger partial charge is 0.134 e. The van der Waals surface area contributed by atoms with Crippen molar-refractivity contribution in [3.05, 3.63) is 41.7 Å². The predicted octanol–water partition coefficient (Wildman–Crippen LogP) is 4.16. The number of furan rings is 1. The molecule has 2 aromatic rings. The van der Waals surface area contributed by atoms with Gasteiger partial charge in [-0.25, -0.2) is 0 Å². The second-order valence-electron chi connectivity index (χ2n) is 6.66. The van der Waals surface area contributed by atoms with E-state index in [9.17, 15) is 0 Å². The standard InChI is InChI=1S/C18H23NO2/c1-12(2)19-11-15-6-8-16(20-15)13-5-7-17-14(9-13)10-18(3,4)21-17/h5-9,12,19H,10-11H2,1-4H3. The summed E-state index contributed by atoms with van der Waals surface area (Å²) in [5, 5.41) is 3.37. The number of fused-ring (bicyclic) bond motifs is 1. The lowest BCUT2D eigenvalue weighted by atomic mass is 10.00. The van der Waals surface area contributed by atoms with E-state index in [0.29, 0.717) is 6.04 Å². The molecule has 0 fully saturated rings. The summed E-state index contributed by atoms with van der Waals surface area (Å²) in [6.07, 6.45) is 0.943. The van der Waals surface area contributed by atoms with Crippen LogP contribution in [-0.4, -0.2) is 11.6 Å². The van der Waals surface area contributed by atoms with Gasteiger partial charge in [0.1, 0.15) is 22.9 Å². The van der Waals surface area contributed by atoms with E-state index in [1.54, 1.807) is 0 Å². The minimum Gasteiger partial charge on any atom is -0.487 e. The Bertz CT molecular complexity index is 640. The highest BCUT2D eigenvalue weighted by Gasteiger charge is 2.30. The monoisotopic (exact) mass is 285 g/mol. The zero-order chi connectivity index (χ0) is 15.0. The van der Waals surface area contributed by atoms with Crippen LogP contribution in [0.2, 0.25) is 0 Å². The van der Waals surface area contributed by atoms with E-state index in [2.05, 4.69) is 45.1 Å². The van der Waals surface area contributed by atoms with Crippen molar-refractivity contribution in [1.29, 1.82) is 0 Å². The van der Waals surface area contributed by atoms with Gasteiger partial charge >= 0.3 is 0 Å². The van der Waals surface area contributed by atoms with Crippen LogP contribution >= 0.6 is 0 Å². The molecule has 0 aliphatic carbocycles. The molecular weight excluding hydrogens is 262 g/mol. The van der Waals surface area contributed by atoms with Gasteiger partial charge < -0.3 is 14.5 Å². The largest absolute Gasteiger partial charge is 0.487 e. The lowest BCUT2D eigenvalue weighted by molar-refractivity contribution is 0.138. The van der Waals surface area contributed by atoms with Crippen LogP contribution in [0.15, 0.2) is 34.7 Å². The highest BCUT2D eigenvalue weighted by molar-refractivity contribution is 5.61. The van der Waals surface area contributed by atoms with Crippen LogP contribution in [-0.2, 0) is 13.0 Å². The van der Waals surface area contributed by atoms with Gasteiger partial charge in [0.2, 0.25) is 0 Å². The summed E-state index contributed by atoms with van der Waals surface area (Å²) in [6, 6.07) is 10.8. The van der Waals surface area contributed by atoms with E-state index >= 15 is 0 Å². The second-order valence-corrected chi connectivity index (χ2v) is 6.66. The van der Waals surface area contributed by atoms with Crippen molar-refractivity contribution < 1.29 is 9.15 Å². The van der Waals surface area contributed by atoms with Crippen LogP contribution in [0.25, 0.3) is 11.3 Å². The minimum atomic E-state index is -0.101. The van der Waals surface area contributed by atoms with E-state index < -0.39 is 0 Å². The highest BCUT2D eigenvalue weighted by atomic mass is 16.5. The van der Waals surface area contributed by atoms with E-state index in [1.165, 1.54) is 5.56 Å². The molecule has 1 aliphatic heterocycles. The molecule has 0 radical (unpaired) electrons. The fourth-order valence-electron chi connectivity index (χ4n) is 2.70. The zero-order valence-electron chi connectivity index (χ0n) is 13.2. The summed E-state index contributed by atoms with van der Waals surface area (Å²) < 4.78 is 11.8. The van der Waals surface area contributed by atoms with Gasteiger partial charge in [-0.3, -0.25) is 0 Å². The summed E-state index contributed by atoms with van der Waals surface area (Å²) in [7, 11) is 0. The number of ether oxygens (including phenoxy) is 1. The lowest BCUT2D eigenvalue weighted by Gasteiger charge is -2.16. The number of hydrogen-bond donors (Lipinski definition) is 1. The third-order valence-electron chi connectivity index (χ3n) is 3.69. The maximum atomic E-state index is 5.93. The summed E-state index contributed by atoms with van der Waals surface area (Å²) in [4.78, 5) is 0. The van der Waals surface area contributed by atoms with Crippen molar-refractivity contribution in [2.24, 2.45) is 0 Å². The van der Waals surface area contributed by atoms with Crippen molar-refractivity contribution in [2.75, 3.05) is 0 Å². The Morgan fingerprint density at radius 2 is 2.00 bits per heavy atom. The quantitative estimate of drug-likeness (QED) is 0.916. The maximum Gasteiger partial charge on any atom is 0.134 e. The topological polar surface area (TPSA) is 34.4 Å². The van der Waals surface area contributed by atoms with Gasteiger partial charge in [0.25, 0.3) is 0 Å². The fourth-order valence-corrected chi connectivity index (χ4v) is 2.70. The summed E-state index contributed by atoms with van der Waals surface area (Å²) in [6.45, 7) is 9.27. The summed E-state index contributed by atoms with van der Waals surface area (Å²) >= 11 is 0. The van der Waals surface area contributed by atoms with Gasteiger partial charge in [0, 0.05) is 18.0 Å². The molecule has 0 amide bonds. The van der Waals surface area contributed by atoms with E-state index in [1.807, 2.05) is 18.2 Å². The molecule has 2 heterocycles. The Hall–Kier alpha value is -1.74. The Morgan fingerprint density at radius 1 is 1.19 bits per heavy atom. The first-order valence-electron chi connectivity index (χ1n) is 7.57. The third kappa shape index (κ3) is 3.13. The summed E-state index contributed by atoms with van der Waals surface area (Å²) in [5.41, 5.74) is 2.28. The van der Waals surface area contributed by atoms with Crippen LogP contribution in [0.1, 0.15) is 39.0 Å². The molecule has 0 bridgehead atoms. The SMILES string of the molecule is CC(C)NCc1ccc(-c2ccc3c(c2)CC(C)(C)O3)o1. The molecule has 1 aromatic carbocycles. The predicted molar refractivity (Wildman–Crippen MR) is 84.5 cm³/mol. The average Bonchev–Trinajstić information content (AvgIpc) is 2.97. The normalized spacial score (nSPS) is 16.0. The number of hydrogen-bond acceptors (Lipinski definition) is 3. The molecule has 1 aromatic heterocycles. The van der Waals surface area contributed by atoms with Crippen LogP contribution in [0.5, 0.6) is 5.75 Å². The molecule has 1 aliphatic rings. The lowest BCUT2D eigenvalue weighted by Crippen LogP contribution is -2.24. The van der Waals surface area contributed by atoms with Gasteiger partial charge in [-0.15, -0.1) is 0 Å². The van der Waals surface area contributed by atoms with Gasteiger partial charge in [0.05, 0.1) is 6.54 Å². The molecule has 3 rings (SSSR count). The number of nitrogens with one attached hydrogen (secondary N) is 1. The minimum absolute atomic E-state index is 0.101. The first kappa shape index (κ1) is 14.2. The molecule has 21 heavy (non-hydrogen) atoms. The van der Waals surface area contributed by atoms with Crippen molar-refractivity contribution in [3.8, 4) is 17.1 Å². The second kappa shape index (κ2) is 5.23. The molecule has 3 heteroatoms. The Kier molecular flexibility index (Phi) is 3.54. The van der Waals surface area contributed by atoms with Crippen LogP contribution in [0.4, 0.5) is 0 Å². The van der Waals surface area contributed by atoms with Gasteiger partial charge in [-0.05, 0) is 49.7 Å². The molecule has 0 atom stereocenters. The van der Waals surface area contributed by atoms with Crippen molar-refractivity contribution >= 4 is 0 Å². The molecule has 0 saturated carbocycles. The Labute approximate surface area is 126 Å². The van der Waals surface area contributed by atoms with E-state index in [0.717, 1.165) is 35.8 Å². The maximum absolute atomic E-state index is 5.93. The average molecular weight is 285 g/mol. The molecule has 3 nitrogen and oxygen atoms in total. The van der Waals surface area contributed by atoms with Crippen molar-refractivity contribution in [1.82, 2.24) is 5.32 Å². The van der Waals surface area contributed by atoms with Crippen LogP contribution in [0.3, 0.4) is 0 Å². The van der Waals surface area contributed by atoms with E-state index in [-0.39, 0.29) is 5.60 Å². The Balaban J connectivity index is 1.79. The van der Waals surface area contributed by atoms with Gasteiger partial charge in [-0.2, -0.15) is 0 Å². The highest BCUT2D eigenvalue weighted by Crippen LogP contribution is 2.37. The van der Waals surface area contributed by atoms with Gasteiger partial charge in [0.15, 0.2) is 0 Å². The van der Waals surface area contributed by atoms with E-state index in [4.69, 9.17) is 9.15 Å². The van der Waals surface area contributed by atoms with Crippen LogP contribution < -0.4 is 10.1 Å². The summed E-state index contributed by atoms with van der Waals surface area (Å²) in [5.74, 6) is 2.89. The Morgan fingerprint density at radius 3 is 2.76 bits per heavy atom. The van der Waals surface area contributed by atoms with Gasteiger partial charge in [-0.1, -0.05) is 13.8 Å². The van der Waals surface area contributed by atoms with Crippen molar-refractivity contribution in [2.45, 2.75) is 52.3 Å². The molecule has 1 N–H and O–H groups in total. The number of benzene rings is 1. The third-order valence-corrected chi connectivity index (χ3v) is 3.69.